The molecular weight excluding hydrogens is 358 g/mol. The van der Waals surface area contributed by atoms with E-state index in [9.17, 15) is 0 Å². The Bertz CT molecular complexity index is 545. The highest BCUT2D eigenvalue weighted by atomic mass is 16.5. The van der Waals surface area contributed by atoms with Gasteiger partial charge in [0.15, 0.2) is 5.96 Å². The lowest BCUT2D eigenvalue weighted by Crippen LogP contribution is -2.38. The summed E-state index contributed by atoms with van der Waals surface area (Å²) in [6.07, 6.45) is 3.00. The lowest BCUT2D eigenvalue weighted by molar-refractivity contribution is 0.0888. The van der Waals surface area contributed by atoms with Gasteiger partial charge in [-0.3, -0.25) is 4.99 Å². The highest BCUT2D eigenvalue weighted by molar-refractivity contribution is 5.79. The third-order valence-corrected chi connectivity index (χ3v) is 4.54. The summed E-state index contributed by atoms with van der Waals surface area (Å²) in [5.74, 6) is 2.26. The predicted molar refractivity (Wildman–Crippen MR) is 111 cm³/mol. The van der Waals surface area contributed by atoms with Gasteiger partial charge in [-0.2, -0.15) is 0 Å². The fraction of sp³-hybridized carbons (Fsp3) is 0.667. The van der Waals surface area contributed by atoms with E-state index in [2.05, 4.69) is 15.6 Å². The van der Waals surface area contributed by atoms with E-state index in [-0.39, 0.29) is 0 Å². The topological polar surface area (TPSA) is 73.3 Å². The molecule has 1 aliphatic heterocycles. The maximum Gasteiger partial charge on any atom is 0.190 e. The first-order valence-electron chi connectivity index (χ1n) is 10.1. The Kier molecular flexibility index (Phi) is 11.4. The van der Waals surface area contributed by atoms with Gasteiger partial charge in [-0.05, 0) is 37.0 Å². The Morgan fingerprint density at radius 1 is 1.11 bits per heavy atom. The molecule has 1 saturated heterocycles. The minimum Gasteiger partial charge on any atom is -0.497 e. The van der Waals surface area contributed by atoms with Gasteiger partial charge in [-0.1, -0.05) is 12.1 Å². The smallest absolute Gasteiger partial charge is 0.190 e. The number of hydrogen-bond acceptors (Lipinski definition) is 5. The van der Waals surface area contributed by atoms with Gasteiger partial charge in [-0.15, -0.1) is 0 Å². The standard InChI is InChI=1S/C21H35N3O4/c1-22-21(24-11-4-13-27-16-19-9-14-28-17-19)23-10-3-12-26-15-18-5-7-20(25-2)8-6-18/h5-8,19H,3-4,9-17H2,1-2H3,(H2,22,23,24). The third-order valence-electron chi connectivity index (χ3n) is 4.54. The van der Waals surface area contributed by atoms with Gasteiger partial charge in [0.1, 0.15) is 5.75 Å². The summed E-state index contributed by atoms with van der Waals surface area (Å²) in [6.45, 7) is 6.28. The molecule has 0 spiro atoms. The summed E-state index contributed by atoms with van der Waals surface area (Å²) in [4.78, 5) is 4.23. The number of guanidine groups is 1. The van der Waals surface area contributed by atoms with E-state index in [1.165, 1.54) is 0 Å². The number of benzene rings is 1. The molecule has 0 aromatic heterocycles. The van der Waals surface area contributed by atoms with E-state index >= 15 is 0 Å². The summed E-state index contributed by atoms with van der Waals surface area (Å²) in [6, 6.07) is 7.94. The monoisotopic (exact) mass is 393 g/mol. The average Bonchev–Trinajstić information content (AvgIpc) is 3.25. The quantitative estimate of drug-likeness (QED) is 0.304. The normalized spacial score (nSPS) is 16.9. The first kappa shape index (κ1) is 22.5. The zero-order valence-electron chi connectivity index (χ0n) is 17.2. The zero-order valence-corrected chi connectivity index (χ0v) is 17.2. The molecule has 158 valence electrons. The molecule has 7 heteroatoms. The molecule has 1 heterocycles. The second kappa shape index (κ2) is 14.2. The van der Waals surface area contributed by atoms with Crippen LogP contribution in [0.15, 0.2) is 29.3 Å². The van der Waals surface area contributed by atoms with Crippen molar-refractivity contribution in [3.63, 3.8) is 0 Å². The number of hydrogen-bond donors (Lipinski definition) is 2. The van der Waals surface area contributed by atoms with Gasteiger partial charge in [0.2, 0.25) is 0 Å². The Hall–Kier alpha value is -1.83. The maximum atomic E-state index is 5.71. The number of nitrogens with zero attached hydrogens (tertiary/aromatic N) is 1. The molecule has 2 rings (SSSR count). The van der Waals surface area contributed by atoms with E-state index in [0.717, 1.165) is 76.1 Å². The number of rotatable bonds is 13. The van der Waals surface area contributed by atoms with Crippen molar-refractivity contribution in [3.8, 4) is 5.75 Å². The fourth-order valence-corrected chi connectivity index (χ4v) is 2.86. The Labute approximate surface area is 168 Å². The van der Waals surface area contributed by atoms with Gasteiger partial charge in [0.25, 0.3) is 0 Å². The van der Waals surface area contributed by atoms with Crippen LogP contribution in [0.25, 0.3) is 0 Å². The van der Waals surface area contributed by atoms with Crippen LogP contribution < -0.4 is 15.4 Å². The number of methoxy groups -OCH3 is 1. The summed E-state index contributed by atoms with van der Waals surface area (Å²) in [5.41, 5.74) is 1.15. The average molecular weight is 394 g/mol. The highest BCUT2D eigenvalue weighted by Crippen LogP contribution is 2.12. The van der Waals surface area contributed by atoms with Crippen molar-refractivity contribution >= 4 is 5.96 Å². The van der Waals surface area contributed by atoms with Crippen LogP contribution in [0.2, 0.25) is 0 Å². The van der Waals surface area contributed by atoms with E-state index in [0.29, 0.717) is 19.1 Å². The summed E-state index contributed by atoms with van der Waals surface area (Å²) >= 11 is 0. The molecule has 7 nitrogen and oxygen atoms in total. The first-order chi connectivity index (χ1) is 13.8. The van der Waals surface area contributed by atoms with Crippen LogP contribution in [0.1, 0.15) is 24.8 Å². The van der Waals surface area contributed by atoms with Crippen molar-refractivity contribution in [2.75, 3.05) is 60.3 Å². The highest BCUT2D eigenvalue weighted by Gasteiger charge is 2.15. The van der Waals surface area contributed by atoms with Crippen LogP contribution in [-0.4, -0.2) is 66.2 Å². The molecule has 2 N–H and O–H groups in total. The molecule has 1 fully saturated rings. The molecule has 0 amide bonds. The van der Waals surface area contributed by atoms with E-state index < -0.39 is 0 Å². The SMILES string of the molecule is CN=C(NCCCOCc1ccc(OC)cc1)NCCCOCC1CCOC1. The summed E-state index contributed by atoms with van der Waals surface area (Å²) in [5, 5.41) is 6.61. The van der Waals surface area contributed by atoms with Gasteiger partial charge >= 0.3 is 0 Å². The molecule has 0 aliphatic carbocycles. The molecule has 1 atom stereocenters. The minimum atomic E-state index is 0.578. The first-order valence-corrected chi connectivity index (χ1v) is 10.1. The second-order valence-corrected chi connectivity index (χ2v) is 6.84. The molecule has 1 unspecified atom stereocenters. The molecule has 0 radical (unpaired) electrons. The Balaban J connectivity index is 1.42. The summed E-state index contributed by atoms with van der Waals surface area (Å²) < 4.78 is 21.9. The van der Waals surface area contributed by atoms with E-state index in [4.69, 9.17) is 18.9 Å². The van der Waals surface area contributed by atoms with Gasteiger partial charge in [0, 0.05) is 45.9 Å². The lowest BCUT2D eigenvalue weighted by atomic mass is 10.1. The van der Waals surface area contributed by atoms with Crippen molar-refractivity contribution in [2.45, 2.75) is 25.9 Å². The fourth-order valence-electron chi connectivity index (χ4n) is 2.86. The number of ether oxygens (including phenoxy) is 4. The van der Waals surface area contributed by atoms with Crippen molar-refractivity contribution in [3.05, 3.63) is 29.8 Å². The van der Waals surface area contributed by atoms with Crippen molar-refractivity contribution in [1.29, 1.82) is 0 Å². The number of aliphatic imine (C=N–C) groups is 1. The Morgan fingerprint density at radius 2 is 1.82 bits per heavy atom. The van der Waals surface area contributed by atoms with Crippen molar-refractivity contribution < 1.29 is 18.9 Å². The van der Waals surface area contributed by atoms with Crippen molar-refractivity contribution in [2.24, 2.45) is 10.9 Å². The minimum absolute atomic E-state index is 0.578. The molecule has 0 bridgehead atoms. The van der Waals surface area contributed by atoms with E-state index in [1.54, 1.807) is 14.2 Å². The zero-order chi connectivity index (χ0) is 19.9. The second-order valence-electron chi connectivity index (χ2n) is 6.84. The molecule has 0 saturated carbocycles. The largest absolute Gasteiger partial charge is 0.497 e. The van der Waals surface area contributed by atoms with E-state index in [1.807, 2.05) is 24.3 Å². The molecule has 28 heavy (non-hydrogen) atoms. The van der Waals surface area contributed by atoms with Crippen LogP contribution in [0.4, 0.5) is 0 Å². The van der Waals surface area contributed by atoms with Crippen LogP contribution >= 0.6 is 0 Å². The Morgan fingerprint density at radius 3 is 2.43 bits per heavy atom. The van der Waals surface area contributed by atoms with Gasteiger partial charge in [-0.25, -0.2) is 0 Å². The van der Waals surface area contributed by atoms with Crippen LogP contribution in [-0.2, 0) is 20.8 Å². The predicted octanol–water partition coefficient (Wildman–Crippen LogP) is 2.21. The molecule has 1 aromatic rings. The molecule has 1 aromatic carbocycles. The van der Waals surface area contributed by atoms with Crippen LogP contribution in [0.5, 0.6) is 5.75 Å². The molecule has 1 aliphatic rings. The van der Waals surface area contributed by atoms with Crippen LogP contribution in [0.3, 0.4) is 0 Å². The van der Waals surface area contributed by atoms with Gasteiger partial charge in [0.05, 0.1) is 26.9 Å². The van der Waals surface area contributed by atoms with Gasteiger partial charge < -0.3 is 29.6 Å². The number of nitrogens with one attached hydrogen (secondary N) is 2. The van der Waals surface area contributed by atoms with Crippen LogP contribution in [0, 0.1) is 5.92 Å². The summed E-state index contributed by atoms with van der Waals surface area (Å²) in [7, 11) is 3.45. The van der Waals surface area contributed by atoms with Crippen molar-refractivity contribution in [1.82, 2.24) is 10.6 Å². The lowest BCUT2D eigenvalue weighted by Gasteiger charge is -2.13. The maximum absolute atomic E-state index is 5.71. The third kappa shape index (κ3) is 9.39. The molecular formula is C21H35N3O4.